The second-order valence-corrected chi connectivity index (χ2v) is 5.24. The first kappa shape index (κ1) is 15.1. The predicted molar refractivity (Wildman–Crippen MR) is 82.3 cm³/mol. The second kappa shape index (κ2) is 7.46. The summed E-state index contributed by atoms with van der Waals surface area (Å²) in [5, 5.41) is 11.7. The molecule has 0 spiro atoms. The van der Waals surface area contributed by atoms with E-state index in [0.29, 0.717) is 5.56 Å². The average molecular weight is 345 g/mol. The molecule has 2 aromatic rings. The van der Waals surface area contributed by atoms with Crippen LogP contribution >= 0.6 is 15.9 Å². The number of ether oxygens (including phenoxy) is 1. The van der Waals surface area contributed by atoms with Crippen molar-refractivity contribution in [3.05, 3.63) is 70.2 Å². The van der Waals surface area contributed by atoms with Crippen LogP contribution in [0.15, 0.2) is 59.1 Å². The number of benzene rings is 2. The number of amides is 1. The van der Waals surface area contributed by atoms with Gasteiger partial charge in [0, 0.05) is 4.47 Å². The fourth-order valence-corrected chi connectivity index (χ4v) is 2.18. The van der Waals surface area contributed by atoms with Crippen LogP contribution in [0.2, 0.25) is 0 Å². The average Bonchev–Trinajstić information content (AvgIpc) is 2.51. The summed E-state index contributed by atoms with van der Waals surface area (Å²) in [6.07, 6.45) is -0.620. The van der Waals surface area contributed by atoms with Gasteiger partial charge in [0.1, 0.15) is 12.6 Å². The van der Waals surface area contributed by atoms with Crippen LogP contribution in [-0.4, -0.2) is 6.09 Å². The topological polar surface area (TPSA) is 62.1 Å². The standard InChI is InChI=1S/C16H13BrN2O2/c17-14-8-4-7-13(9-14)15(10-18)19-16(20)21-11-12-5-2-1-3-6-12/h1-9,15H,11H2,(H,19,20)/t15-/m0/s1. The molecule has 0 saturated carbocycles. The predicted octanol–water partition coefficient (Wildman–Crippen LogP) is 3.94. The number of alkyl carbamates (subject to hydrolysis) is 1. The van der Waals surface area contributed by atoms with Crippen LogP contribution in [0.25, 0.3) is 0 Å². The Kier molecular flexibility index (Phi) is 5.35. The van der Waals surface area contributed by atoms with Gasteiger partial charge in [-0.15, -0.1) is 0 Å². The van der Waals surface area contributed by atoms with E-state index in [1.54, 1.807) is 18.2 Å². The van der Waals surface area contributed by atoms with Crippen molar-refractivity contribution >= 4 is 22.0 Å². The summed E-state index contributed by atoms with van der Waals surface area (Å²) in [5.41, 5.74) is 1.59. The fraction of sp³-hybridized carbons (Fsp3) is 0.125. The minimum atomic E-state index is -0.745. The smallest absolute Gasteiger partial charge is 0.408 e. The van der Waals surface area contributed by atoms with Crippen LogP contribution in [0.1, 0.15) is 17.2 Å². The van der Waals surface area contributed by atoms with E-state index < -0.39 is 12.1 Å². The molecule has 0 bridgehead atoms. The van der Waals surface area contributed by atoms with Gasteiger partial charge in [0.25, 0.3) is 0 Å². The van der Waals surface area contributed by atoms with Crippen LogP contribution in [0.4, 0.5) is 4.79 Å². The Morgan fingerprint density at radius 3 is 2.67 bits per heavy atom. The Hall–Kier alpha value is -2.32. The van der Waals surface area contributed by atoms with Gasteiger partial charge in [-0.3, -0.25) is 0 Å². The molecule has 21 heavy (non-hydrogen) atoms. The van der Waals surface area contributed by atoms with Gasteiger partial charge in [0.15, 0.2) is 0 Å². The fourth-order valence-electron chi connectivity index (χ4n) is 1.76. The van der Waals surface area contributed by atoms with E-state index in [1.807, 2.05) is 42.5 Å². The molecule has 4 nitrogen and oxygen atoms in total. The molecule has 0 saturated heterocycles. The molecular weight excluding hydrogens is 332 g/mol. The zero-order valence-corrected chi connectivity index (χ0v) is 12.7. The zero-order chi connectivity index (χ0) is 15.1. The largest absolute Gasteiger partial charge is 0.445 e. The number of nitrogens with zero attached hydrogens (tertiary/aromatic N) is 1. The summed E-state index contributed by atoms with van der Waals surface area (Å²) in [5.74, 6) is 0. The Morgan fingerprint density at radius 2 is 2.00 bits per heavy atom. The summed E-state index contributed by atoms with van der Waals surface area (Å²) in [7, 11) is 0. The summed E-state index contributed by atoms with van der Waals surface area (Å²) < 4.78 is 5.95. The molecule has 0 fully saturated rings. The van der Waals surface area contributed by atoms with Crippen LogP contribution in [-0.2, 0) is 11.3 Å². The maximum absolute atomic E-state index is 11.7. The third-order valence-corrected chi connectivity index (χ3v) is 3.28. The Labute approximate surface area is 131 Å². The molecule has 5 heteroatoms. The van der Waals surface area contributed by atoms with Crippen molar-refractivity contribution in [2.45, 2.75) is 12.6 Å². The van der Waals surface area contributed by atoms with Crippen molar-refractivity contribution in [2.75, 3.05) is 0 Å². The third-order valence-electron chi connectivity index (χ3n) is 2.79. The zero-order valence-electron chi connectivity index (χ0n) is 11.1. The highest BCUT2D eigenvalue weighted by molar-refractivity contribution is 9.10. The summed E-state index contributed by atoms with van der Waals surface area (Å²) >= 11 is 3.33. The Morgan fingerprint density at radius 1 is 1.24 bits per heavy atom. The van der Waals surface area contributed by atoms with Crippen LogP contribution in [0.5, 0.6) is 0 Å². The molecule has 2 rings (SSSR count). The quantitative estimate of drug-likeness (QED) is 0.913. The molecule has 0 aromatic heterocycles. The van der Waals surface area contributed by atoms with E-state index in [2.05, 4.69) is 21.2 Å². The van der Waals surface area contributed by atoms with Gasteiger partial charge in [-0.25, -0.2) is 4.79 Å². The first-order valence-electron chi connectivity index (χ1n) is 6.31. The Bertz CT molecular complexity index is 653. The number of rotatable bonds is 4. The number of carbonyl (C=O) groups excluding carboxylic acids is 1. The van der Waals surface area contributed by atoms with Crippen LogP contribution in [0, 0.1) is 11.3 Å². The van der Waals surface area contributed by atoms with E-state index in [9.17, 15) is 4.79 Å². The van der Waals surface area contributed by atoms with E-state index >= 15 is 0 Å². The lowest BCUT2D eigenvalue weighted by Crippen LogP contribution is -2.28. The van der Waals surface area contributed by atoms with Crippen molar-refractivity contribution < 1.29 is 9.53 Å². The molecule has 0 aliphatic heterocycles. The molecule has 0 unspecified atom stereocenters. The monoisotopic (exact) mass is 344 g/mol. The molecule has 0 aliphatic carbocycles. The normalized spacial score (nSPS) is 11.2. The number of hydrogen-bond donors (Lipinski definition) is 1. The molecule has 0 radical (unpaired) electrons. The van der Waals surface area contributed by atoms with Crippen LogP contribution < -0.4 is 5.32 Å². The Balaban J connectivity index is 1.93. The van der Waals surface area contributed by atoms with Crippen LogP contribution in [0.3, 0.4) is 0 Å². The number of nitriles is 1. The van der Waals surface area contributed by atoms with Crippen molar-refractivity contribution in [3.63, 3.8) is 0 Å². The summed E-state index contributed by atoms with van der Waals surface area (Å²) in [6.45, 7) is 0.170. The van der Waals surface area contributed by atoms with E-state index in [-0.39, 0.29) is 6.61 Å². The SMILES string of the molecule is N#C[C@H](NC(=O)OCc1ccccc1)c1cccc(Br)c1. The number of halogens is 1. The lowest BCUT2D eigenvalue weighted by atomic mass is 10.1. The minimum absolute atomic E-state index is 0.170. The van der Waals surface area contributed by atoms with Gasteiger partial charge in [-0.1, -0.05) is 58.4 Å². The highest BCUT2D eigenvalue weighted by atomic mass is 79.9. The molecule has 2 aromatic carbocycles. The highest BCUT2D eigenvalue weighted by Crippen LogP contribution is 2.18. The first-order chi connectivity index (χ1) is 10.2. The molecular formula is C16H13BrN2O2. The molecule has 1 amide bonds. The second-order valence-electron chi connectivity index (χ2n) is 4.32. The van der Waals surface area contributed by atoms with Gasteiger partial charge in [-0.2, -0.15) is 5.26 Å². The van der Waals surface area contributed by atoms with E-state index in [0.717, 1.165) is 10.0 Å². The molecule has 0 heterocycles. The van der Waals surface area contributed by atoms with Crippen molar-refractivity contribution in [1.29, 1.82) is 5.26 Å². The molecule has 106 valence electrons. The van der Waals surface area contributed by atoms with Gasteiger partial charge in [-0.05, 0) is 23.3 Å². The van der Waals surface area contributed by atoms with E-state index in [4.69, 9.17) is 10.00 Å². The molecule has 0 aliphatic rings. The molecule has 1 N–H and O–H groups in total. The number of carbonyl (C=O) groups is 1. The minimum Gasteiger partial charge on any atom is -0.445 e. The maximum atomic E-state index is 11.7. The van der Waals surface area contributed by atoms with Crippen molar-refractivity contribution in [2.24, 2.45) is 0 Å². The van der Waals surface area contributed by atoms with Crippen molar-refractivity contribution in [1.82, 2.24) is 5.32 Å². The summed E-state index contributed by atoms with van der Waals surface area (Å²) in [4.78, 5) is 11.7. The summed E-state index contributed by atoms with van der Waals surface area (Å²) in [6, 6.07) is 17.9. The van der Waals surface area contributed by atoms with Gasteiger partial charge < -0.3 is 10.1 Å². The number of hydrogen-bond acceptors (Lipinski definition) is 3. The lowest BCUT2D eigenvalue weighted by molar-refractivity contribution is 0.137. The van der Waals surface area contributed by atoms with Crippen molar-refractivity contribution in [3.8, 4) is 6.07 Å². The highest BCUT2D eigenvalue weighted by Gasteiger charge is 2.14. The third kappa shape index (κ3) is 4.62. The van der Waals surface area contributed by atoms with Gasteiger partial charge in [0.2, 0.25) is 0 Å². The van der Waals surface area contributed by atoms with Gasteiger partial charge in [0.05, 0.1) is 6.07 Å². The lowest BCUT2D eigenvalue weighted by Gasteiger charge is -2.12. The number of nitrogens with one attached hydrogen (secondary N) is 1. The maximum Gasteiger partial charge on any atom is 0.408 e. The first-order valence-corrected chi connectivity index (χ1v) is 7.10. The molecule has 1 atom stereocenters. The van der Waals surface area contributed by atoms with Gasteiger partial charge >= 0.3 is 6.09 Å². The van der Waals surface area contributed by atoms with E-state index in [1.165, 1.54) is 0 Å².